The van der Waals surface area contributed by atoms with E-state index in [9.17, 15) is 10.0 Å². The Morgan fingerprint density at radius 3 is 2.45 bits per heavy atom. The topological polar surface area (TPSA) is 49.3 Å². The van der Waals surface area contributed by atoms with Crippen molar-refractivity contribution in [2.24, 2.45) is 0 Å². The molecule has 0 aliphatic heterocycles. The zero-order chi connectivity index (χ0) is 15.9. The predicted octanol–water partition coefficient (Wildman–Crippen LogP) is 4.69. The van der Waals surface area contributed by atoms with Gasteiger partial charge in [0.1, 0.15) is 0 Å². The second-order valence-electron chi connectivity index (χ2n) is 4.80. The molecule has 114 valence electrons. The zero-order valence-corrected chi connectivity index (χ0v) is 13.2. The van der Waals surface area contributed by atoms with E-state index in [4.69, 9.17) is 23.2 Å². The van der Waals surface area contributed by atoms with E-state index in [2.05, 4.69) is 5.48 Å². The third-order valence-electron chi connectivity index (χ3n) is 3.12. The minimum absolute atomic E-state index is 0.119. The Kier molecular flexibility index (Phi) is 6.16. The van der Waals surface area contributed by atoms with Crippen LogP contribution in [0.25, 0.3) is 6.08 Å². The first kappa shape index (κ1) is 16.7. The molecule has 2 aromatic carbocycles. The van der Waals surface area contributed by atoms with Crippen LogP contribution >= 0.6 is 23.2 Å². The van der Waals surface area contributed by atoms with Crippen molar-refractivity contribution in [2.45, 2.75) is 12.5 Å². The molecule has 0 saturated heterocycles. The zero-order valence-electron chi connectivity index (χ0n) is 11.7. The molecule has 1 unspecified atom stereocenters. The summed E-state index contributed by atoms with van der Waals surface area (Å²) >= 11 is 11.8. The van der Waals surface area contributed by atoms with Crippen LogP contribution in [0.3, 0.4) is 0 Å². The molecule has 0 spiro atoms. The summed E-state index contributed by atoms with van der Waals surface area (Å²) in [5.41, 5.74) is 3.74. The molecule has 0 bridgehead atoms. The van der Waals surface area contributed by atoms with E-state index < -0.39 is 6.04 Å². The Morgan fingerprint density at radius 2 is 1.82 bits per heavy atom. The van der Waals surface area contributed by atoms with Crippen molar-refractivity contribution in [3.8, 4) is 0 Å². The number of carbonyl (C=O) groups excluding carboxylic acids is 1. The number of nitrogens with one attached hydrogen (secondary N) is 1. The molecular formula is C17H15Cl2NO2. The van der Waals surface area contributed by atoms with Gasteiger partial charge in [-0.05, 0) is 41.5 Å². The molecule has 0 aliphatic carbocycles. The minimum Gasteiger partial charge on any atom is -0.316 e. The van der Waals surface area contributed by atoms with Gasteiger partial charge in [-0.1, -0.05) is 53.5 Å². The van der Waals surface area contributed by atoms with Gasteiger partial charge in [0.15, 0.2) is 5.78 Å². The van der Waals surface area contributed by atoms with E-state index in [1.54, 1.807) is 42.5 Å². The van der Waals surface area contributed by atoms with Gasteiger partial charge >= 0.3 is 0 Å². The average Bonchev–Trinajstić information content (AvgIpc) is 2.50. The van der Waals surface area contributed by atoms with Crippen LogP contribution in [0, 0.1) is 0 Å². The molecule has 0 amide bonds. The molecule has 2 rings (SSSR count). The summed E-state index contributed by atoms with van der Waals surface area (Å²) in [4.78, 5) is 12.0. The molecule has 2 N–H and O–H groups in total. The van der Waals surface area contributed by atoms with Crippen molar-refractivity contribution < 1.29 is 10.0 Å². The largest absolute Gasteiger partial charge is 0.316 e. The lowest BCUT2D eigenvalue weighted by atomic mass is 10.0. The molecular weight excluding hydrogens is 321 g/mol. The highest BCUT2D eigenvalue weighted by molar-refractivity contribution is 6.31. The summed E-state index contributed by atoms with van der Waals surface area (Å²) in [5.74, 6) is -0.119. The van der Waals surface area contributed by atoms with E-state index in [1.807, 2.05) is 12.1 Å². The molecule has 0 aromatic heterocycles. The van der Waals surface area contributed by atoms with Crippen LogP contribution in [0.2, 0.25) is 10.0 Å². The lowest BCUT2D eigenvalue weighted by Crippen LogP contribution is -2.19. The summed E-state index contributed by atoms with van der Waals surface area (Å²) in [5, 5.41) is 10.4. The number of ketones is 1. The maximum absolute atomic E-state index is 12.0. The van der Waals surface area contributed by atoms with Crippen LogP contribution in [0.5, 0.6) is 0 Å². The maximum atomic E-state index is 12.0. The fraction of sp³-hybridized carbons (Fsp3) is 0.118. The molecule has 1 atom stereocenters. The van der Waals surface area contributed by atoms with Crippen molar-refractivity contribution in [3.05, 3.63) is 75.8 Å². The number of benzene rings is 2. The number of hydrogen-bond acceptors (Lipinski definition) is 3. The van der Waals surface area contributed by atoms with E-state index in [1.165, 1.54) is 6.08 Å². The van der Waals surface area contributed by atoms with Crippen molar-refractivity contribution in [2.75, 3.05) is 0 Å². The average molecular weight is 336 g/mol. The van der Waals surface area contributed by atoms with Crippen LogP contribution in [0.4, 0.5) is 0 Å². The lowest BCUT2D eigenvalue weighted by Gasteiger charge is -2.14. The van der Waals surface area contributed by atoms with Gasteiger partial charge in [-0.15, -0.1) is 0 Å². The highest BCUT2D eigenvalue weighted by Crippen LogP contribution is 2.21. The van der Waals surface area contributed by atoms with Gasteiger partial charge in [0.05, 0.1) is 6.04 Å². The number of halogens is 2. The Morgan fingerprint density at radius 1 is 1.14 bits per heavy atom. The monoisotopic (exact) mass is 335 g/mol. The Hall–Kier alpha value is -1.65. The molecule has 0 heterocycles. The maximum Gasteiger partial charge on any atom is 0.157 e. The Labute approximate surface area is 139 Å². The van der Waals surface area contributed by atoms with E-state index >= 15 is 0 Å². The summed E-state index contributed by atoms with van der Waals surface area (Å²) in [7, 11) is 0. The number of carbonyl (C=O) groups is 1. The molecule has 3 nitrogen and oxygen atoms in total. The van der Waals surface area contributed by atoms with Crippen LogP contribution < -0.4 is 5.48 Å². The number of hydroxylamine groups is 1. The van der Waals surface area contributed by atoms with Gasteiger partial charge in [-0.25, -0.2) is 0 Å². The van der Waals surface area contributed by atoms with Crippen LogP contribution in [-0.2, 0) is 4.79 Å². The molecule has 0 aliphatic rings. The summed E-state index contributed by atoms with van der Waals surface area (Å²) < 4.78 is 0. The summed E-state index contributed by atoms with van der Waals surface area (Å²) in [6.07, 6.45) is 3.29. The van der Waals surface area contributed by atoms with Crippen LogP contribution in [-0.4, -0.2) is 11.0 Å². The molecule has 0 saturated carbocycles. The van der Waals surface area contributed by atoms with Crippen LogP contribution in [0.15, 0.2) is 54.6 Å². The van der Waals surface area contributed by atoms with E-state index in [0.29, 0.717) is 10.0 Å². The second kappa shape index (κ2) is 8.11. The SMILES string of the molecule is O=C(/C=C/c1cccc(Cl)c1)CC(NO)c1cccc(Cl)c1. The van der Waals surface area contributed by atoms with Gasteiger partial charge < -0.3 is 5.21 Å². The molecule has 0 radical (unpaired) electrons. The second-order valence-corrected chi connectivity index (χ2v) is 5.67. The van der Waals surface area contributed by atoms with Gasteiger partial charge in [-0.2, -0.15) is 5.48 Å². The fourth-order valence-corrected chi connectivity index (χ4v) is 2.43. The van der Waals surface area contributed by atoms with Crippen molar-refractivity contribution in [1.29, 1.82) is 0 Å². The highest BCUT2D eigenvalue weighted by atomic mass is 35.5. The first-order valence-electron chi connectivity index (χ1n) is 6.70. The third-order valence-corrected chi connectivity index (χ3v) is 3.59. The van der Waals surface area contributed by atoms with Gasteiger partial charge in [0.25, 0.3) is 0 Å². The van der Waals surface area contributed by atoms with Gasteiger partial charge in [0, 0.05) is 16.5 Å². The lowest BCUT2D eigenvalue weighted by molar-refractivity contribution is -0.115. The quantitative estimate of drug-likeness (QED) is 0.594. The van der Waals surface area contributed by atoms with Gasteiger partial charge in [-0.3, -0.25) is 4.79 Å². The standard InChI is InChI=1S/C17H15Cl2NO2/c18-14-5-1-3-12(9-14)7-8-16(21)11-17(20-22)13-4-2-6-15(19)10-13/h1-10,17,20,22H,11H2/b8-7+. The fourth-order valence-electron chi connectivity index (χ4n) is 2.03. The Balaban J connectivity index is 2.03. The van der Waals surface area contributed by atoms with Gasteiger partial charge in [0.2, 0.25) is 0 Å². The first-order valence-corrected chi connectivity index (χ1v) is 7.45. The number of allylic oxidation sites excluding steroid dienone is 1. The highest BCUT2D eigenvalue weighted by Gasteiger charge is 2.13. The minimum atomic E-state index is -0.504. The molecule has 22 heavy (non-hydrogen) atoms. The van der Waals surface area contributed by atoms with E-state index in [0.717, 1.165) is 11.1 Å². The molecule has 2 aromatic rings. The van der Waals surface area contributed by atoms with Crippen molar-refractivity contribution in [3.63, 3.8) is 0 Å². The van der Waals surface area contributed by atoms with E-state index in [-0.39, 0.29) is 12.2 Å². The smallest absolute Gasteiger partial charge is 0.157 e. The molecule has 5 heteroatoms. The number of hydrogen-bond donors (Lipinski definition) is 2. The van der Waals surface area contributed by atoms with Crippen LogP contribution in [0.1, 0.15) is 23.6 Å². The van der Waals surface area contributed by atoms with Crippen molar-refractivity contribution >= 4 is 35.1 Å². The third kappa shape index (κ3) is 4.97. The normalized spacial score (nSPS) is 12.5. The number of rotatable bonds is 6. The molecule has 0 fully saturated rings. The first-order chi connectivity index (χ1) is 10.6. The van der Waals surface area contributed by atoms with Crippen molar-refractivity contribution in [1.82, 2.24) is 5.48 Å². The Bertz CT molecular complexity index is 686. The summed E-state index contributed by atoms with van der Waals surface area (Å²) in [6.45, 7) is 0. The summed E-state index contributed by atoms with van der Waals surface area (Å²) in [6, 6.07) is 13.7. The predicted molar refractivity (Wildman–Crippen MR) is 89.2 cm³/mol.